The van der Waals surface area contributed by atoms with Gasteiger partial charge in [-0.2, -0.15) is 5.26 Å². The van der Waals surface area contributed by atoms with Crippen LogP contribution in [0.4, 0.5) is 17.6 Å². The highest BCUT2D eigenvalue weighted by atomic mass is 19.4. The van der Waals surface area contributed by atoms with Crippen molar-refractivity contribution >= 4 is 0 Å². The van der Waals surface area contributed by atoms with Crippen LogP contribution in [-0.2, 0) is 0 Å². The standard InChI is InChI=1S/C11H9F4NO3/c12-8-2-1-6(19-11(13,14)15)5-7(8)10(18)9(17)3-4-16/h1-2,5,9-10,17-18H,3H2. The van der Waals surface area contributed by atoms with Gasteiger partial charge in [-0.05, 0) is 18.2 Å². The molecule has 0 spiro atoms. The smallest absolute Gasteiger partial charge is 0.406 e. The first-order valence-corrected chi connectivity index (χ1v) is 5.03. The van der Waals surface area contributed by atoms with Gasteiger partial charge in [0.25, 0.3) is 0 Å². The molecule has 2 unspecified atom stereocenters. The Balaban J connectivity index is 3.00. The third-order valence-corrected chi connectivity index (χ3v) is 2.18. The zero-order valence-corrected chi connectivity index (χ0v) is 9.36. The van der Waals surface area contributed by atoms with Crippen molar-refractivity contribution < 1.29 is 32.5 Å². The van der Waals surface area contributed by atoms with Crippen LogP contribution in [0, 0.1) is 17.1 Å². The lowest BCUT2D eigenvalue weighted by atomic mass is 10.0. The van der Waals surface area contributed by atoms with Crippen LogP contribution < -0.4 is 4.74 Å². The van der Waals surface area contributed by atoms with E-state index in [-0.39, 0.29) is 0 Å². The van der Waals surface area contributed by atoms with E-state index in [2.05, 4.69) is 4.74 Å². The molecule has 104 valence electrons. The second-order valence-electron chi connectivity index (χ2n) is 3.61. The summed E-state index contributed by atoms with van der Waals surface area (Å²) in [6, 6.07) is 3.56. The molecule has 0 fully saturated rings. The van der Waals surface area contributed by atoms with Crippen molar-refractivity contribution in [1.29, 1.82) is 5.26 Å². The van der Waals surface area contributed by atoms with Gasteiger partial charge < -0.3 is 14.9 Å². The molecule has 0 aliphatic carbocycles. The number of alkyl halides is 3. The Bertz CT molecular complexity index is 484. The van der Waals surface area contributed by atoms with E-state index in [0.29, 0.717) is 12.1 Å². The zero-order valence-electron chi connectivity index (χ0n) is 9.36. The highest BCUT2D eigenvalue weighted by Gasteiger charge is 2.32. The Kier molecular flexibility index (Phi) is 4.69. The van der Waals surface area contributed by atoms with E-state index in [0.717, 1.165) is 6.07 Å². The highest BCUT2D eigenvalue weighted by molar-refractivity contribution is 5.32. The normalized spacial score (nSPS) is 14.6. The average Bonchev–Trinajstić information content (AvgIpc) is 2.29. The van der Waals surface area contributed by atoms with Crippen LogP contribution in [0.25, 0.3) is 0 Å². The van der Waals surface area contributed by atoms with Crippen molar-refractivity contribution in [3.05, 3.63) is 29.6 Å². The minimum atomic E-state index is -4.95. The summed E-state index contributed by atoms with van der Waals surface area (Å²) >= 11 is 0. The summed E-state index contributed by atoms with van der Waals surface area (Å²) < 4.78 is 52.9. The lowest BCUT2D eigenvalue weighted by molar-refractivity contribution is -0.274. The predicted molar refractivity (Wildman–Crippen MR) is 54.3 cm³/mol. The molecule has 1 aromatic carbocycles. The van der Waals surface area contributed by atoms with Crippen LogP contribution in [0.1, 0.15) is 18.1 Å². The number of nitriles is 1. The monoisotopic (exact) mass is 279 g/mol. The van der Waals surface area contributed by atoms with Crippen molar-refractivity contribution in [2.24, 2.45) is 0 Å². The molecular weight excluding hydrogens is 270 g/mol. The summed E-state index contributed by atoms with van der Waals surface area (Å²) in [4.78, 5) is 0. The summed E-state index contributed by atoms with van der Waals surface area (Å²) in [7, 11) is 0. The molecule has 0 aliphatic heterocycles. The van der Waals surface area contributed by atoms with E-state index in [1.54, 1.807) is 6.07 Å². The van der Waals surface area contributed by atoms with Gasteiger partial charge in [0.1, 0.15) is 17.7 Å². The number of hydrogen-bond donors (Lipinski definition) is 2. The third kappa shape index (κ3) is 4.39. The summed E-state index contributed by atoms with van der Waals surface area (Å²) in [6.07, 6.45) is -8.88. The van der Waals surface area contributed by atoms with E-state index in [4.69, 9.17) is 5.26 Å². The average molecular weight is 279 g/mol. The zero-order chi connectivity index (χ0) is 14.6. The van der Waals surface area contributed by atoms with E-state index >= 15 is 0 Å². The molecule has 2 atom stereocenters. The third-order valence-electron chi connectivity index (χ3n) is 2.18. The molecule has 0 bridgehead atoms. The number of rotatable bonds is 4. The Labute approximate surface area is 105 Å². The van der Waals surface area contributed by atoms with E-state index in [1.165, 1.54) is 0 Å². The summed E-state index contributed by atoms with van der Waals surface area (Å²) in [5, 5.41) is 27.2. The van der Waals surface area contributed by atoms with Crippen molar-refractivity contribution in [2.75, 3.05) is 0 Å². The minimum Gasteiger partial charge on any atom is -0.406 e. The number of benzene rings is 1. The number of ether oxygens (including phenoxy) is 1. The van der Waals surface area contributed by atoms with Gasteiger partial charge in [0.05, 0.1) is 18.6 Å². The summed E-state index contributed by atoms with van der Waals surface area (Å²) in [5.74, 6) is -1.74. The van der Waals surface area contributed by atoms with Crippen LogP contribution in [0.2, 0.25) is 0 Å². The van der Waals surface area contributed by atoms with Gasteiger partial charge in [0.15, 0.2) is 0 Å². The molecule has 0 saturated carbocycles. The number of hydrogen-bond acceptors (Lipinski definition) is 4. The van der Waals surface area contributed by atoms with Crippen molar-refractivity contribution in [2.45, 2.75) is 25.0 Å². The largest absolute Gasteiger partial charge is 0.573 e. The number of nitrogens with zero attached hydrogens (tertiary/aromatic N) is 1. The van der Waals surface area contributed by atoms with Crippen LogP contribution in [0.15, 0.2) is 18.2 Å². The highest BCUT2D eigenvalue weighted by Crippen LogP contribution is 2.29. The first kappa shape index (κ1) is 15.2. The molecule has 19 heavy (non-hydrogen) atoms. The van der Waals surface area contributed by atoms with Crippen LogP contribution in [0.3, 0.4) is 0 Å². The second-order valence-corrected chi connectivity index (χ2v) is 3.61. The molecule has 0 amide bonds. The van der Waals surface area contributed by atoms with Crippen LogP contribution in [0.5, 0.6) is 5.75 Å². The fourth-order valence-electron chi connectivity index (χ4n) is 1.36. The Morgan fingerprint density at radius 3 is 2.47 bits per heavy atom. The Morgan fingerprint density at radius 1 is 1.32 bits per heavy atom. The van der Waals surface area contributed by atoms with Gasteiger partial charge in [-0.1, -0.05) is 0 Å². The first-order chi connectivity index (χ1) is 8.74. The van der Waals surface area contributed by atoms with Crippen molar-refractivity contribution in [3.63, 3.8) is 0 Å². The van der Waals surface area contributed by atoms with Gasteiger partial charge in [-0.3, -0.25) is 0 Å². The molecule has 1 rings (SSSR count). The van der Waals surface area contributed by atoms with Gasteiger partial charge in [0.2, 0.25) is 0 Å². The molecule has 0 radical (unpaired) electrons. The Hall–Kier alpha value is -1.85. The molecule has 0 heterocycles. The molecule has 2 N–H and O–H groups in total. The fraction of sp³-hybridized carbons (Fsp3) is 0.364. The number of aliphatic hydroxyl groups is 2. The lowest BCUT2D eigenvalue weighted by Crippen LogP contribution is -2.20. The van der Waals surface area contributed by atoms with Gasteiger partial charge in [0, 0.05) is 5.56 Å². The van der Waals surface area contributed by atoms with Gasteiger partial charge in [-0.25, -0.2) is 4.39 Å². The van der Waals surface area contributed by atoms with Crippen molar-refractivity contribution in [1.82, 2.24) is 0 Å². The maximum Gasteiger partial charge on any atom is 0.573 e. The SMILES string of the molecule is N#CCC(O)C(O)c1cc(OC(F)(F)F)ccc1F. The van der Waals surface area contributed by atoms with Crippen LogP contribution >= 0.6 is 0 Å². The summed E-state index contributed by atoms with van der Waals surface area (Å²) in [5.41, 5.74) is -0.579. The quantitative estimate of drug-likeness (QED) is 0.827. The molecule has 1 aromatic rings. The molecule has 0 saturated heterocycles. The van der Waals surface area contributed by atoms with Crippen molar-refractivity contribution in [3.8, 4) is 11.8 Å². The maximum atomic E-state index is 13.4. The Morgan fingerprint density at radius 2 is 1.95 bits per heavy atom. The van der Waals surface area contributed by atoms with E-state index < -0.39 is 42.1 Å². The molecule has 8 heteroatoms. The number of aliphatic hydroxyl groups excluding tert-OH is 2. The predicted octanol–water partition coefficient (Wildman–Crippen LogP) is 2.03. The topological polar surface area (TPSA) is 73.5 Å². The molecular formula is C11H9F4NO3. The second kappa shape index (κ2) is 5.86. The number of halogens is 4. The van der Waals surface area contributed by atoms with Gasteiger partial charge >= 0.3 is 6.36 Å². The molecule has 0 aromatic heterocycles. The molecule has 4 nitrogen and oxygen atoms in total. The van der Waals surface area contributed by atoms with Gasteiger partial charge in [-0.15, -0.1) is 13.2 Å². The fourth-order valence-corrected chi connectivity index (χ4v) is 1.36. The maximum absolute atomic E-state index is 13.4. The first-order valence-electron chi connectivity index (χ1n) is 5.03. The van der Waals surface area contributed by atoms with E-state index in [1.807, 2.05) is 0 Å². The molecule has 0 aliphatic rings. The van der Waals surface area contributed by atoms with Crippen LogP contribution in [-0.4, -0.2) is 22.7 Å². The summed E-state index contributed by atoms with van der Waals surface area (Å²) in [6.45, 7) is 0. The minimum absolute atomic E-state index is 0.495. The lowest BCUT2D eigenvalue weighted by Gasteiger charge is -2.17. The van der Waals surface area contributed by atoms with E-state index in [9.17, 15) is 27.8 Å².